The number of rotatable bonds is 2. The smallest absolute Gasteiger partial charge is 0.227 e. The second-order valence-electron chi connectivity index (χ2n) is 4.58. The second kappa shape index (κ2) is 5.82. The molecule has 0 spiro atoms. The highest BCUT2D eigenvalue weighted by atomic mass is 127. The van der Waals surface area contributed by atoms with Crippen molar-refractivity contribution in [2.75, 3.05) is 11.9 Å². The minimum atomic E-state index is 0.143. The van der Waals surface area contributed by atoms with Crippen LogP contribution in [0.1, 0.15) is 19.8 Å². The van der Waals surface area contributed by atoms with Gasteiger partial charge in [0, 0.05) is 21.2 Å². The molecule has 1 aliphatic rings. The fourth-order valence-electron chi connectivity index (χ4n) is 2.18. The van der Waals surface area contributed by atoms with E-state index in [1.165, 1.54) is 0 Å². The van der Waals surface area contributed by atoms with E-state index in [0.29, 0.717) is 6.04 Å². The van der Waals surface area contributed by atoms with Crippen molar-refractivity contribution in [1.29, 1.82) is 0 Å². The molecule has 1 aliphatic heterocycles. The fraction of sp³-hybridized carbons (Fsp3) is 0.462. The lowest BCUT2D eigenvalue weighted by molar-refractivity contribution is -0.120. The highest BCUT2D eigenvalue weighted by molar-refractivity contribution is 14.1. The van der Waals surface area contributed by atoms with Gasteiger partial charge in [-0.15, -0.1) is 0 Å². The van der Waals surface area contributed by atoms with E-state index in [1.54, 1.807) is 0 Å². The molecule has 0 aliphatic carbocycles. The molecule has 0 bridgehead atoms. The monoisotopic (exact) mass is 344 g/mol. The SMILES string of the molecule is CC1CC(C(=O)Nc2cccc(I)c2)CCN1. The van der Waals surface area contributed by atoms with Gasteiger partial charge in [-0.3, -0.25) is 4.79 Å². The summed E-state index contributed by atoms with van der Waals surface area (Å²) >= 11 is 2.25. The molecule has 1 fully saturated rings. The van der Waals surface area contributed by atoms with Crippen molar-refractivity contribution >= 4 is 34.2 Å². The molecule has 3 nitrogen and oxygen atoms in total. The van der Waals surface area contributed by atoms with Gasteiger partial charge in [-0.1, -0.05) is 6.07 Å². The number of carbonyl (C=O) groups excluding carboxylic acids is 1. The van der Waals surface area contributed by atoms with E-state index < -0.39 is 0 Å². The van der Waals surface area contributed by atoms with E-state index >= 15 is 0 Å². The summed E-state index contributed by atoms with van der Waals surface area (Å²) in [6.45, 7) is 3.07. The molecule has 4 heteroatoms. The Hall–Kier alpha value is -0.620. The number of carbonyl (C=O) groups is 1. The van der Waals surface area contributed by atoms with Crippen LogP contribution >= 0.6 is 22.6 Å². The molecule has 92 valence electrons. The van der Waals surface area contributed by atoms with Crippen molar-refractivity contribution in [2.45, 2.75) is 25.8 Å². The number of hydrogen-bond donors (Lipinski definition) is 2. The topological polar surface area (TPSA) is 41.1 Å². The van der Waals surface area contributed by atoms with Gasteiger partial charge in [-0.05, 0) is 67.1 Å². The summed E-state index contributed by atoms with van der Waals surface area (Å²) in [5.74, 6) is 0.296. The maximum Gasteiger partial charge on any atom is 0.227 e. The molecule has 17 heavy (non-hydrogen) atoms. The molecule has 1 aromatic rings. The Morgan fingerprint density at radius 3 is 3.06 bits per heavy atom. The maximum absolute atomic E-state index is 12.1. The Kier molecular flexibility index (Phi) is 4.39. The molecule has 0 saturated carbocycles. The van der Waals surface area contributed by atoms with Crippen LogP contribution in [-0.4, -0.2) is 18.5 Å². The maximum atomic E-state index is 12.1. The standard InChI is InChI=1S/C13H17IN2O/c1-9-7-10(5-6-15-9)13(17)16-12-4-2-3-11(14)8-12/h2-4,8-10,15H,5-7H2,1H3,(H,16,17). The van der Waals surface area contributed by atoms with E-state index in [9.17, 15) is 4.79 Å². The largest absolute Gasteiger partial charge is 0.326 e. The molecule has 2 atom stereocenters. The zero-order valence-corrected chi connectivity index (χ0v) is 12.0. The van der Waals surface area contributed by atoms with Crippen molar-refractivity contribution < 1.29 is 4.79 Å². The average molecular weight is 344 g/mol. The first-order valence-corrected chi connectivity index (χ1v) is 7.03. The second-order valence-corrected chi connectivity index (χ2v) is 5.82. The average Bonchev–Trinajstić information content (AvgIpc) is 2.29. The van der Waals surface area contributed by atoms with Crippen LogP contribution in [0.5, 0.6) is 0 Å². The number of nitrogens with one attached hydrogen (secondary N) is 2. The Morgan fingerprint density at radius 1 is 1.53 bits per heavy atom. The normalized spacial score (nSPS) is 24.4. The lowest BCUT2D eigenvalue weighted by atomic mass is 9.92. The predicted molar refractivity (Wildman–Crippen MR) is 78.0 cm³/mol. The number of anilines is 1. The molecular formula is C13H17IN2O. The summed E-state index contributed by atoms with van der Waals surface area (Å²) in [5.41, 5.74) is 0.896. The molecule has 2 unspecified atom stereocenters. The van der Waals surface area contributed by atoms with Crippen LogP contribution in [0, 0.1) is 9.49 Å². The molecule has 0 radical (unpaired) electrons. The highest BCUT2D eigenvalue weighted by Gasteiger charge is 2.24. The third-order valence-electron chi connectivity index (χ3n) is 3.09. The number of piperidine rings is 1. The molecule has 1 heterocycles. The zero-order chi connectivity index (χ0) is 12.3. The van der Waals surface area contributed by atoms with Gasteiger partial charge in [0.15, 0.2) is 0 Å². The van der Waals surface area contributed by atoms with Gasteiger partial charge in [0.25, 0.3) is 0 Å². The van der Waals surface area contributed by atoms with Crippen LogP contribution < -0.4 is 10.6 Å². The Morgan fingerprint density at radius 2 is 2.35 bits per heavy atom. The Balaban J connectivity index is 1.96. The summed E-state index contributed by atoms with van der Waals surface area (Å²) in [6, 6.07) is 8.34. The summed E-state index contributed by atoms with van der Waals surface area (Å²) < 4.78 is 1.14. The molecular weight excluding hydrogens is 327 g/mol. The minimum Gasteiger partial charge on any atom is -0.326 e. The van der Waals surface area contributed by atoms with Crippen LogP contribution in [0.15, 0.2) is 24.3 Å². The van der Waals surface area contributed by atoms with E-state index in [0.717, 1.165) is 28.6 Å². The van der Waals surface area contributed by atoms with Gasteiger partial charge in [0.2, 0.25) is 5.91 Å². The lowest BCUT2D eigenvalue weighted by Gasteiger charge is -2.27. The van der Waals surface area contributed by atoms with Gasteiger partial charge < -0.3 is 10.6 Å². The first-order chi connectivity index (χ1) is 8.15. The van der Waals surface area contributed by atoms with Crippen LogP contribution in [-0.2, 0) is 4.79 Å². The van der Waals surface area contributed by atoms with Crippen molar-refractivity contribution in [3.8, 4) is 0 Å². The molecule has 1 amide bonds. The van der Waals surface area contributed by atoms with Crippen LogP contribution in [0.25, 0.3) is 0 Å². The third-order valence-corrected chi connectivity index (χ3v) is 3.76. The van der Waals surface area contributed by atoms with E-state index in [1.807, 2.05) is 24.3 Å². The quantitative estimate of drug-likeness (QED) is 0.810. The minimum absolute atomic E-state index is 0.143. The molecule has 2 N–H and O–H groups in total. The van der Waals surface area contributed by atoms with E-state index in [4.69, 9.17) is 0 Å². The number of hydrogen-bond acceptors (Lipinski definition) is 2. The van der Waals surface area contributed by atoms with Gasteiger partial charge in [-0.2, -0.15) is 0 Å². The van der Waals surface area contributed by atoms with Gasteiger partial charge in [-0.25, -0.2) is 0 Å². The zero-order valence-electron chi connectivity index (χ0n) is 9.87. The van der Waals surface area contributed by atoms with Gasteiger partial charge in [0.1, 0.15) is 0 Å². The van der Waals surface area contributed by atoms with Gasteiger partial charge >= 0.3 is 0 Å². The van der Waals surface area contributed by atoms with Gasteiger partial charge in [0.05, 0.1) is 0 Å². The van der Waals surface area contributed by atoms with Crippen molar-refractivity contribution in [2.24, 2.45) is 5.92 Å². The molecule has 2 rings (SSSR count). The summed E-state index contributed by atoms with van der Waals surface area (Å²) in [6.07, 6.45) is 1.86. The number of amides is 1. The molecule has 0 aromatic heterocycles. The first-order valence-electron chi connectivity index (χ1n) is 5.95. The molecule has 1 aromatic carbocycles. The lowest BCUT2D eigenvalue weighted by Crippen LogP contribution is -2.40. The number of benzene rings is 1. The van der Waals surface area contributed by atoms with E-state index in [2.05, 4.69) is 40.1 Å². The summed E-state index contributed by atoms with van der Waals surface area (Å²) in [7, 11) is 0. The fourth-order valence-corrected chi connectivity index (χ4v) is 2.72. The third kappa shape index (κ3) is 3.67. The van der Waals surface area contributed by atoms with Crippen molar-refractivity contribution in [3.63, 3.8) is 0 Å². The Bertz CT molecular complexity index is 408. The van der Waals surface area contributed by atoms with E-state index in [-0.39, 0.29) is 11.8 Å². The molecule has 1 saturated heterocycles. The summed E-state index contributed by atoms with van der Waals surface area (Å²) in [5, 5.41) is 6.36. The summed E-state index contributed by atoms with van der Waals surface area (Å²) in [4.78, 5) is 12.1. The van der Waals surface area contributed by atoms with Crippen molar-refractivity contribution in [3.05, 3.63) is 27.8 Å². The highest BCUT2D eigenvalue weighted by Crippen LogP contribution is 2.19. The predicted octanol–water partition coefficient (Wildman–Crippen LogP) is 2.62. The van der Waals surface area contributed by atoms with Crippen LogP contribution in [0.3, 0.4) is 0 Å². The van der Waals surface area contributed by atoms with Crippen LogP contribution in [0.4, 0.5) is 5.69 Å². The van der Waals surface area contributed by atoms with Crippen LogP contribution in [0.2, 0.25) is 0 Å². The van der Waals surface area contributed by atoms with Crippen molar-refractivity contribution in [1.82, 2.24) is 5.32 Å². The number of halogens is 1. The first kappa shape index (κ1) is 12.8. The Labute approximate surface area is 116 Å².